The van der Waals surface area contributed by atoms with Crippen LogP contribution in [0, 0.1) is 0 Å². The predicted octanol–water partition coefficient (Wildman–Crippen LogP) is 2.32. The standard InChI is InChI=1S/C16H22O4/c1-18-15-12(10-16(17)7-8-16)4-2-6-14(15)20-13-5-3-9-19-11-13/h2,4,6,13,17H,3,5,7-11H2,1H3. The molecule has 1 saturated heterocycles. The van der Waals surface area contributed by atoms with E-state index in [1.54, 1.807) is 7.11 Å². The lowest BCUT2D eigenvalue weighted by atomic mass is 10.0. The first-order chi connectivity index (χ1) is 9.70. The van der Waals surface area contributed by atoms with Gasteiger partial charge in [-0.05, 0) is 31.7 Å². The van der Waals surface area contributed by atoms with Gasteiger partial charge in [-0.2, -0.15) is 0 Å². The molecule has 2 aliphatic rings. The highest BCUT2D eigenvalue weighted by atomic mass is 16.5. The van der Waals surface area contributed by atoms with E-state index in [-0.39, 0.29) is 6.10 Å². The minimum absolute atomic E-state index is 0.0944. The van der Waals surface area contributed by atoms with Crippen LogP contribution in [0.4, 0.5) is 0 Å². The predicted molar refractivity (Wildman–Crippen MR) is 75.4 cm³/mol. The Kier molecular flexibility index (Phi) is 3.85. The molecular weight excluding hydrogens is 256 g/mol. The number of para-hydroxylation sites is 1. The first kappa shape index (κ1) is 13.7. The van der Waals surface area contributed by atoms with Gasteiger partial charge in [0, 0.05) is 18.6 Å². The van der Waals surface area contributed by atoms with Gasteiger partial charge < -0.3 is 19.3 Å². The lowest BCUT2D eigenvalue weighted by Gasteiger charge is -2.25. The summed E-state index contributed by atoms with van der Waals surface area (Å²) in [5, 5.41) is 10.1. The van der Waals surface area contributed by atoms with Crippen molar-refractivity contribution in [3.63, 3.8) is 0 Å². The van der Waals surface area contributed by atoms with Gasteiger partial charge in [0.25, 0.3) is 0 Å². The fraction of sp³-hybridized carbons (Fsp3) is 0.625. The van der Waals surface area contributed by atoms with Crippen molar-refractivity contribution < 1.29 is 19.3 Å². The number of hydrogen-bond acceptors (Lipinski definition) is 4. The molecule has 1 heterocycles. The van der Waals surface area contributed by atoms with E-state index < -0.39 is 5.60 Å². The molecule has 1 aromatic carbocycles. The lowest BCUT2D eigenvalue weighted by Crippen LogP contribution is -2.28. The highest BCUT2D eigenvalue weighted by molar-refractivity contribution is 5.47. The molecule has 0 amide bonds. The summed E-state index contributed by atoms with van der Waals surface area (Å²) < 4.78 is 17.0. The smallest absolute Gasteiger partial charge is 0.164 e. The molecule has 4 nitrogen and oxygen atoms in total. The molecule has 1 unspecified atom stereocenters. The molecule has 2 fully saturated rings. The molecule has 1 atom stereocenters. The molecule has 1 aliphatic heterocycles. The van der Waals surface area contributed by atoms with Crippen LogP contribution in [0.1, 0.15) is 31.2 Å². The fourth-order valence-corrected chi connectivity index (χ4v) is 2.68. The minimum Gasteiger partial charge on any atom is -0.493 e. The largest absolute Gasteiger partial charge is 0.493 e. The number of methoxy groups -OCH3 is 1. The molecule has 1 saturated carbocycles. The van der Waals surface area contributed by atoms with E-state index in [9.17, 15) is 5.11 Å². The van der Waals surface area contributed by atoms with E-state index in [1.807, 2.05) is 18.2 Å². The van der Waals surface area contributed by atoms with Crippen molar-refractivity contribution in [2.75, 3.05) is 20.3 Å². The Morgan fingerprint density at radius 3 is 2.90 bits per heavy atom. The average Bonchev–Trinajstić information content (AvgIpc) is 3.18. The van der Waals surface area contributed by atoms with Crippen LogP contribution in [0.15, 0.2) is 18.2 Å². The average molecular weight is 278 g/mol. The van der Waals surface area contributed by atoms with Crippen LogP contribution in [-0.4, -0.2) is 37.1 Å². The molecule has 0 aromatic heterocycles. The van der Waals surface area contributed by atoms with Crippen molar-refractivity contribution in [2.45, 2.75) is 43.8 Å². The first-order valence-electron chi connectivity index (χ1n) is 7.33. The molecule has 0 spiro atoms. The molecule has 0 bridgehead atoms. The van der Waals surface area contributed by atoms with Crippen molar-refractivity contribution in [1.29, 1.82) is 0 Å². The van der Waals surface area contributed by atoms with Gasteiger partial charge in [0.15, 0.2) is 11.5 Å². The van der Waals surface area contributed by atoms with Crippen molar-refractivity contribution in [1.82, 2.24) is 0 Å². The number of benzene rings is 1. The molecule has 20 heavy (non-hydrogen) atoms. The minimum atomic E-state index is -0.528. The van der Waals surface area contributed by atoms with Crippen molar-refractivity contribution in [3.05, 3.63) is 23.8 Å². The summed E-state index contributed by atoms with van der Waals surface area (Å²) >= 11 is 0. The molecule has 0 radical (unpaired) electrons. The maximum Gasteiger partial charge on any atom is 0.164 e. The SMILES string of the molecule is COc1c(CC2(O)CC2)cccc1OC1CCCOC1. The van der Waals surface area contributed by atoms with Crippen LogP contribution in [0.3, 0.4) is 0 Å². The summed E-state index contributed by atoms with van der Waals surface area (Å²) in [6.07, 6.45) is 4.52. The number of hydrogen-bond donors (Lipinski definition) is 1. The highest BCUT2D eigenvalue weighted by Crippen LogP contribution is 2.42. The zero-order valence-corrected chi connectivity index (χ0v) is 11.9. The van der Waals surface area contributed by atoms with Crippen LogP contribution in [0.25, 0.3) is 0 Å². The van der Waals surface area contributed by atoms with E-state index in [4.69, 9.17) is 14.2 Å². The molecule has 3 rings (SSSR count). The summed E-state index contributed by atoms with van der Waals surface area (Å²) in [7, 11) is 1.65. The Bertz CT molecular complexity index is 462. The fourth-order valence-electron chi connectivity index (χ4n) is 2.68. The van der Waals surface area contributed by atoms with Crippen LogP contribution >= 0.6 is 0 Å². The van der Waals surface area contributed by atoms with Crippen LogP contribution < -0.4 is 9.47 Å². The van der Waals surface area contributed by atoms with Crippen molar-refractivity contribution >= 4 is 0 Å². The lowest BCUT2D eigenvalue weighted by molar-refractivity contribution is 0.00635. The molecule has 1 aromatic rings. The molecule has 1 N–H and O–H groups in total. The topological polar surface area (TPSA) is 47.9 Å². The second kappa shape index (κ2) is 5.62. The van der Waals surface area contributed by atoms with E-state index in [0.29, 0.717) is 13.0 Å². The molecule has 4 heteroatoms. The third-order valence-corrected chi connectivity index (χ3v) is 4.02. The third-order valence-electron chi connectivity index (χ3n) is 4.02. The van der Waals surface area contributed by atoms with Crippen LogP contribution in [0.5, 0.6) is 11.5 Å². The second-order valence-corrected chi connectivity index (χ2v) is 5.81. The molecule has 110 valence electrons. The quantitative estimate of drug-likeness (QED) is 0.898. The summed E-state index contributed by atoms with van der Waals surface area (Å²) in [6, 6.07) is 5.88. The number of ether oxygens (including phenoxy) is 3. The molecular formula is C16H22O4. The van der Waals surface area contributed by atoms with Gasteiger partial charge >= 0.3 is 0 Å². The Hall–Kier alpha value is -1.26. The molecule has 1 aliphatic carbocycles. The van der Waals surface area contributed by atoms with Gasteiger partial charge in [-0.15, -0.1) is 0 Å². The zero-order chi connectivity index (χ0) is 14.0. The Morgan fingerprint density at radius 1 is 1.40 bits per heavy atom. The number of rotatable bonds is 5. The number of aliphatic hydroxyl groups is 1. The van der Waals surface area contributed by atoms with Crippen LogP contribution in [0.2, 0.25) is 0 Å². The second-order valence-electron chi connectivity index (χ2n) is 5.81. The van der Waals surface area contributed by atoms with E-state index in [1.165, 1.54) is 0 Å². The van der Waals surface area contributed by atoms with E-state index in [0.717, 1.165) is 49.4 Å². The van der Waals surface area contributed by atoms with E-state index >= 15 is 0 Å². The first-order valence-corrected chi connectivity index (χ1v) is 7.33. The zero-order valence-electron chi connectivity index (χ0n) is 11.9. The summed E-state index contributed by atoms with van der Waals surface area (Å²) in [4.78, 5) is 0. The van der Waals surface area contributed by atoms with Crippen LogP contribution in [-0.2, 0) is 11.2 Å². The monoisotopic (exact) mass is 278 g/mol. The normalized spacial score (nSPS) is 24.2. The van der Waals surface area contributed by atoms with Gasteiger partial charge in [0.2, 0.25) is 0 Å². The summed E-state index contributed by atoms with van der Waals surface area (Å²) in [6.45, 7) is 1.46. The Balaban J connectivity index is 1.76. The highest BCUT2D eigenvalue weighted by Gasteiger charge is 2.41. The van der Waals surface area contributed by atoms with E-state index in [2.05, 4.69) is 0 Å². The van der Waals surface area contributed by atoms with Crippen molar-refractivity contribution in [3.8, 4) is 11.5 Å². The Morgan fingerprint density at radius 2 is 2.25 bits per heavy atom. The van der Waals surface area contributed by atoms with Gasteiger partial charge in [0.1, 0.15) is 6.10 Å². The van der Waals surface area contributed by atoms with Gasteiger partial charge in [-0.1, -0.05) is 12.1 Å². The maximum atomic E-state index is 10.1. The summed E-state index contributed by atoms with van der Waals surface area (Å²) in [5.74, 6) is 1.50. The maximum absolute atomic E-state index is 10.1. The third kappa shape index (κ3) is 3.07. The summed E-state index contributed by atoms with van der Waals surface area (Å²) in [5.41, 5.74) is 0.488. The van der Waals surface area contributed by atoms with Gasteiger partial charge in [-0.25, -0.2) is 0 Å². The van der Waals surface area contributed by atoms with Crippen molar-refractivity contribution in [2.24, 2.45) is 0 Å². The Labute approximate surface area is 119 Å². The van der Waals surface area contributed by atoms with Gasteiger partial charge in [0.05, 0.1) is 19.3 Å². The van der Waals surface area contributed by atoms with Gasteiger partial charge in [-0.3, -0.25) is 0 Å².